The van der Waals surface area contributed by atoms with Crippen molar-refractivity contribution in [2.24, 2.45) is 0 Å². The number of carbonyl (C=O) groups is 1. The van der Waals surface area contributed by atoms with Crippen molar-refractivity contribution in [1.29, 1.82) is 0 Å². The number of hydrogen-bond acceptors (Lipinski definition) is 2. The highest BCUT2D eigenvalue weighted by Gasteiger charge is 2.11. The Kier molecular flexibility index (Phi) is 3.15. The van der Waals surface area contributed by atoms with Crippen LogP contribution in [0.2, 0.25) is 0 Å². The topological polar surface area (TPSA) is 42.2 Å². The van der Waals surface area contributed by atoms with Crippen LogP contribution in [0.3, 0.4) is 0 Å². The first-order valence-corrected chi connectivity index (χ1v) is 5.58. The van der Waals surface area contributed by atoms with Crippen molar-refractivity contribution in [3.63, 3.8) is 0 Å². The summed E-state index contributed by atoms with van der Waals surface area (Å²) >= 11 is 5.49. The highest BCUT2D eigenvalue weighted by Crippen LogP contribution is 2.20. The van der Waals surface area contributed by atoms with Gasteiger partial charge in [0.05, 0.1) is 0 Å². The van der Waals surface area contributed by atoms with Gasteiger partial charge in [0.1, 0.15) is 5.58 Å². The van der Waals surface area contributed by atoms with Gasteiger partial charge in [-0.15, -0.1) is 11.6 Å². The van der Waals surface area contributed by atoms with Crippen molar-refractivity contribution >= 4 is 28.5 Å². The molecular weight excluding hydrogens is 226 g/mol. The lowest BCUT2D eigenvalue weighted by atomic mass is 10.2. The van der Waals surface area contributed by atoms with E-state index in [1.165, 1.54) is 0 Å². The van der Waals surface area contributed by atoms with Crippen LogP contribution < -0.4 is 5.32 Å². The molecule has 0 atom stereocenters. The monoisotopic (exact) mass is 237 g/mol. The van der Waals surface area contributed by atoms with E-state index >= 15 is 0 Å². The molecule has 84 valence electrons. The van der Waals surface area contributed by atoms with Crippen molar-refractivity contribution in [1.82, 2.24) is 5.32 Å². The van der Waals surface area contributed by atoms with Crippen molar-refractivity contribution in [3.05, 3.63) is 35.6 Å². The average molecular weight is 238 g/mol. The molecule has 0 saturated heterocycles. The van der Waals surface area contributed by atoms with E-state index in [0.29, 0.717) is 18.2 Å². The Morgan fingerprint density at radius 2 is 2.25 bits per heavy atom. The zero-order valence-electron chi connectivity index (χ0n) is 8.92. The molecule has 1 aromatic heterocycles. The fourth-order valence-corrected chi connectivity index (χ4v) is 1.62. The summed E-state index contributed by atoms with van der Waals surface area (Å²) in [5, 5.41) is 3.60. The molecule has 1 N–H and O–H groups in total. The molecule has 2 aromatic rings. The van der Waals surface area contributed by atoms with E-state index in [-0.39, 0.29) is 5.91 Å². The Hall–Kier alpha value is -1.48. The van der Waals surface area contributed by atoms with Crippen LogP contribution in [0.25, 0.3) is 11.0 Å². The fourth-order valence-electron chi connectivity index (χ4n) is 1.52. The second-order valence-corrected chi connectivity index (χ2v) is 3.97. The SMILES string of the molecule is Cc1ccc2oc(C(=O)NCCCl)cc2c1. The van der Waals surface area contributed by atoms with Crippen molar-refractivity contribution in [2.75, 3.05) is 12.4 Å². The minimum absolute atomic E-state index is 0.227. The Morgan fingerprint density at radius 1 is 1.44 bits per heavy atom. The fraction of sp³-hybridized carbons (Fsp3) is 0.250. The summed E-state index contributed by atoms with van der Waals surface area (Å²) in [5.74, 6) is 0.491. The van der Waals surface area contributed by atoms with Gasteiger partial charge in [0.2, 0.25) is 0 Å². The van der Waals surface area contributed by atoms with Crippen LogP contribution >= 0.6 is 11.6 Å². The number of fused-ring (bicyclic) bond motifs is 1. The van der Waals surface area contributed by atoms with Crippen molar-refractivity contribution in [2.45, 2.75) is 6.92 Å². The smallest absolute Gasteiger partial charge is 0.287 e. The molecule has 0 unspecified atom stereocenters. The first-order chi connectivity index (χ1) is 7.70. The summed E-state index contributed by atoms with van der Waals surface area (Å²) in [6, 6.07) is 7.54. The molecule has 0 saturated carbocycles. The molecule has 16 heavy (non-hydrogen) atoms. The molecule has 0 aliphatic carbocycles. The Labute approximate surface area is 98.4 Å². The van der Waals surface area contributed by atoms with Crippen LogP contribution in [-0.2, 0) is 0 Å². The maximum Gasteiger partial charge on any atom is 0.287 e. The molecule has 1 heterocycles. The van der Waals surface area contributed by atoms with Gasteiger partial charge < -0.3 is 9.73 Å². The van der Waals surface area contributed by atoms with Crippen LogP contribution in [0.15, 0.2) is 28.7 Å². The largest absolute Gasteiger partial charge is 0.451 e. The first kappa shape index (κ1) is 11.0. The molecule has 0 radical (unpaired) electrons. The molecule has 0 aliphatic heterocycles. The quantitative estimate of drug-likeness (QED) is 0.834. The summed E-state index contributed by atoms with van der Waals surface area (Å²) in [5.41, 5.74) is 1.86. The third-order valence-electron chi connectivity index (χ3n) is 2.28. The number of benzene rings is 1. The zero-order valence-corrected chi connectivity index (χ0v) is 9.67. The summed E-state index contributed by atoms with van der Waals surface area (Å²) < 4.78 is 5.43. The highest BCUT2D eigenvalue weighted by molar-refractivity contribution is 6.18. The molecule has 3 nitrogen and oxygen atoms in total. The van der Waals surface area contributed by atoms with E-state index in [1.54, 1.807) is 6.07 Å². The van der Waals surface area contributed by atoms with Crippen LogP contribution in [0.5, 0.6) is 0 Å². The van der Waals surface area contributed by atoms with Crippen molar-refractivity contribution in [3.8, 4) is 0 Å². The maximum atomic E-state index is 11.6. The first-order valence-electron chi connectivity index (χ1n) is 5.05. The van der Waals surface area contributed by atoms with Gasteiger partial charge in [-0.2, -0.15) is 0 Å². The maximum absolute atomic E-state index is 11.6. The lowest BCUT2D eigenvalue weighted by Crippen LogP contribution is -2.24. The minimum atomic E-state index is -0.227. The van der Waals surface area contributed by atoms with Crippen LogP contribution in [0.4, 0.5) is 0 Å². The van der Waals surface area contributed by atoms with Gasteiger partial charge in [0.15, 0.2) is 5.76 Å². The van der Waals surface area contributed by atoms with Gasteiger partial charge in [-0.05, 0) is 25.1 Å². The number of furan rings is 1. The molecule has 2 rings (SSSR count). The van der Waals surface area contributed by atoms with Gasteiger partial charge >= 0.3 is 0 Å². The number of rotatable bonds is 3. The number of carbonyl (C=O) groups excluding carboxylic acids is 1. The van der Waals surface area contributed by atoms with E-state index in [0.717, 1.165) is 16.5 Å². The Balaban J connectivity index is 2.28. The van der Waals surface area contributed by atoms with E-state index in [1.807, 2.05) is 25.1 Å². The van der Waals surface area contributed by atoms with E-state index in [2.05, 4.69) is 5.32 Å². The summed E-state index contributed by atoms with van der Waals surface area (Å²) in [6.45, 7) is 2.44. The van der Waals surface area contributed by atoms with E-state index in [9.17, 15) is 4.79 Å². The van der Waals surface area contributed by atoms with Crippen LogP contribution in [-0.4, -0.2) is 18.3 Å². The van der Waals surface area contributed by atoms with E-state index in [4.69, 9.17) is 16.0 Å². The van der Waals surface area contributed by atoms with Crippen LogP contribution in [0.1, 0.15) is 16.1 Å². The van der Waals surface area contributed by atoms with Gasteiger partial charge in [0.25, 0.3) is 5.91 Å². The van der Waals surface area contributed by atoms with E-state index < -0.39 is 0 Å². The van der Waals surface area contributed by atoms with Gasteiger partial charge in [-0.3, -0.25) is 4.79 Å². The normalized spacial score (nSPS) is 10.6. The summed E-state index contributed by atoms with van der Waals surface area (Å²) in [7, 11) is 0. The lowest BCUT2D eigenvalue weighted by molar-refractivity contribution is 0.0930. The van der Waals surface area contributed by atoms with Gasteiger partial charge in [0, 0.05) is 17.8 Å². The molecule has 0 bridgehead atoms. The predicted octanol–water partition coefficient (Wildman–Crippen LogP) is 2.71. The second kappa shape index (κ2) is 4.58. The summed E-state index contributed by atoms with van der Waals surface area (Å²) in [4.78, 5) is 11.6. The van der Waals surface area contributed by atoms with Gasteiger partial charge in [-0.25, -0.2) is 0 Å². The number of nitrogens with one attached hydrogen (secondary N) is 1. The average Bonchev–Trinajstić information content (AvgIpc) is 2.68. The molecular formula is C12H12ClNO2. The molecule has 0 aliphatic rings. The molecule has 0 spiro atoms. The number of alkyl halides is 1. The third kappa shape index (κ3) is 2.19. The number of hydrogen-bond donors (Lipinski definition) is 1. The second-order valence-electron chi connectivity index (χ2n) is 3.60. The van der Waals surface area contributed by atoms with Crippen LogP contribution in [0, 0.1) is 6.92 Å². The van der Waals surface area contributed by atoms with Crippen molar-refractivity contribution < 1.29 is 9.21 Å². The Morgan fingerprint density at radius 3 is 3.00 bits per heavy atom. The molecule has 1 aromatic carbocycles. The number of aryl methyl sites for hydroxylation is 1. The predicted molar refractivity (Wildman–Crippen MR) is 64.0 cm³/mol. The van der Waals surface area contributed by atoms with Gasteiger partial charge in [-0.1, -0.05) is 11.6 Å². The highest BCUT2D eigenvalue weighted by atomic mass is 35.5. The lowest BCUT2D eigenvalue weighted by Gasteiger charge is -1.97. The minimum Gasteiger partial charge on any atom is -0.451 e. The standard InChI is InChI=1S/C12H12ClNO2/c1-8-2-3-10-9(6-8)7-11(16-10)12(15)14-5-4-13/h2-3,6-7H,4-5H2,1H3,(H,14,15). The molecule has 0 fully saturated rings. The molecule has 4 heteroatoms. The number of halogens is 1. The zero-order chi connectivity index (χ0) is 11.5. The Bertz CT molecular complexity index is 519. The molecule has 1 amide bonds. The summed E-state index contributed by atoms with van der Waals surface area (Å²) in [6.07, 6.45) is 0. The third-order valence-corrected chi connectivity index (χ3v) is 2.46. The number of amides is 1.